The molecular weight excluding hydrogens is 160 g/mol. The molecule has 0 heterocycles. The Morgan fingerprint density at radius 3 is 2.42 bits per heavy atom. The van der Waals surface area contributed by atoms with Gasteiger partial charge < -0.3 is 10.4 Å². The average Bonchev–Trinajstić information content (AvgIpc) is 2.17. The minimum absolute atomic E-state index is 0.124. The Bertz CT molecular complexity index is 197. The van der Waals surface area contributed by atoms with Crippen molar-refractivity contribution in [2.75, 3.05) is 0 Å². The molecule has 1 rings (SSSR count). The number of hydrogen-bond donors (Lipinski definition) is 1. The molecular formula is C7H12N2O3. The van der Waals surface area contributed by atoms with Crippen molar-refractivity contribution in [1.29, 1.82) is 0 Å². The number of carbonyl (C=O) groups is 1. The fraction of sp³-hybridized carbons (Fsp3) is 0.857. The topological polar surface area (TPSA) is 75.7 Å². The molecule has 68 valence electrons. The SMILES string of the molecule is O=CC1([N+]([O-])=NO)CCCCC1. The quantitative estimate of drug-likeness (QED) is 0.294. The van der Waals surface area contributed by atoms with Gasteiger partial charge in [0.2, 0.25) is 0 Å². The van der Waals surface area contributed by atoms with E-state index in [1.807, 2.05) is 0 Å². The molecule has 1 aliphatic carbocycles. The largest absolute Gasteiger partial charge is 0.597 e. The normalized spacial score (nSPS) is 23.5. The summed E-state index contributed by atoms with van der Waals surface area (Å²) in [6.45, 7) is 0. The van der Waals surface area contributed by atoms with Gasteiger partial charge in [0, 0.05) is 12.8 Å². The summed E-state index contributed by atoms with van der Waals surface area (Å²) in [5, 5.41) is 21.8. The van der Waals surface area contributed by atoms with E-state index in [-0.39, 0.29) is 4.86 Å². The molecule has 0 spiro atoms. The Morgan fingerprint density at radius 2 is 2.00 bits per heavy atom. The zero-order valence-corrected chi connectivity index (χ0v) is 6.77. The maximum Gasteiger partial charge on any atom is 0.256 e. The van der Waals surface area contributed by atoms with E-state index in [1.165, 1.54) is 0 Å². The van der Waals surface area contributed by atoms with Crippen molar-refractivity contribution in [3.8, 4) is 0 Å². The summed E-state index contributed by atoms with van der Waals surface area (Å²) < 4.78 is 0. The summed E-state index contributed by atoms with van der Waals surface area (Å²) in [6.07, 6.45) is 4.29. The van der Waals surface area contributed by atoms with Crippen molar-refractivity contribution in [2.45, 2.75) is 37.6 Å². The van der Waals surface area contributed by atoms with Crippen molar-refractivity contribution in [3.05, 3.63) is 5.21 Å². The Balaban J connectivity index is 2.80. The van der Waals surface area contributed by atoms with Crippen molar-refractivity contribution >= 4 is 6.29 Å². The fourth-order valence-electron chi connectivity index (χ4n) is 1.61. The summed E-state index contributed by atoms with van der Waals surface area (Å²) in [4.78, 5) is 10.8. The molecule has 0 unspecified atom stereocenters. The molecule has 1 fully saturated rings. The first-order valence-corrected chi connectivity index (χ1v) is 4.04. The van der Waals surface area contributed by atoms with Crippen LogP contribution in [-0.2, 0) is 4.79 Å². The third-order valence-corrected chi connectivity index (χ3v) is 2.40. The summed E-state index contributed by atoms with van der Waals surface area (Å²) in [5.74, 6) is 0. The average molecular weight is 172 g/mol. The lowest BCUT2D eigenvalue weighted by Crippen LogP contribution is -2.42. The van der Waals surface area contributed by atoms with Crippen molar-refractivity contribution in [1.82, 2.24) is 0 Å². The maximum absolute atomic E-state index is 11.0. The van der Waals surface area contributed by atoms with Gasteiger partial charge in [0.15, 0.2) is 11.6 Å². The monoisotopic (exact) mass is 172 g/mol. The zero-order chi connectivity index (χ0) is 9.03. The summed E-state index contributed by atoms with van der Waals surface area (Å²) in [5.41, 5.74) is -1.09. The summed E-state index contributed by atoms with van der Waals surface area (Å²) in [6, 6.07) is 0. The first kappa shape index (κ1) is 8.96. The van der Waals surface area contributed by atoms with Gasteiger partial charge in [-0.3, -0.25) is 4.79 Å². The molecule has 0 aromatic carbocycles. The van der Waals surface area contributed by atoms with E-state index in [4.69, 9.17) is 5.21 Å². The highest BCUT2D eigenvalue weighted by Crippen LogP contribution is 2.29. The van der Waals surface area contributed by atoms with Crippen LogP contribution in [-0.4, -0.2) is 21.9 Å². The highest BCUT2D eigenvalue weighted by molar-refractivity contribution is 5.62. The van der Waals surface area contributed by atoms with E-state index < -0.39 is 5.54 Å². The van der Waals surface area contributed by atoms with Gasteiger partial charge in [-0.15, -0.1) is 0 Å². The van der Waals surface area contributed by atoms with Gasteiger partial charge in [0.1, 0.15) is 0 Å². The van der Waals surface area contributed by atoms with Crippen LogP contribution in [0.25, 0.3) is 0 Å². The van der Waals surface area contributed by atoms with Crippen LogP contribution >= 0.6 is 0 Å². The predicted octanol–water partition coefficient (Wildman–Crippen LogP) is 1.24. The van der Waals surface area contributed by atoms with Crippen LogP contribution in [0.15, 0.2) is 5.28 Å². The fourth-order valence-corrected chi connectivity index (χ4v) is 1.61. The standard InChI is InChI=1S/C7H12N2O3/c10-6-7(9(12)8-11)4-2-1-3-5-7/h6,11H,1-5H2. The van der Waals surface area contributed by atoms with Crippen LogP contribution in [0.2, 0.25) is 0 Å². The van der Waals surface area contributed by atoms with Gasteiger partial charge in [-0.1, -0.05) is 6.42 Å². The van der Waals surface area contributed by atoms with E-state index in [9.17, 15) is 10.0 Å². The Hall–Kier alpha value is -1.13. The highest BCUT2D eigenvalue weighted by Gasteiger charge is 2.42. The summed E-state index contributed by atoms with van der Waals surface area (Å²) in [7, 11) is 0. The van der Waals surface area contributed by atoms with Gasteiger partial charge in [-0.05, 0) is 17.7 Å². The predicted molar refractivity (Wildman–Crippen MR) is 39.7 cm³/mol. The minimum Gasteiger partial charge on any atom is -0.597 e. The number of aldehydes is 1. The van der Waals surface area contributed by atoms with Gasteiger partial charge in [-0.25, -0.2) is 0 Å². The Kier molecular flexibility index (Phi) is 2.62. The number of nitrogens with zero attached hydrogens (tertiary/aromatic N) is 2. The summed E-state index contributed by atoms with van der Waals surface area (Å²) >= 11 is 0. The molecule has 12 heavy (non-hydrogen) atoms. The number of hydrogen-bond acceptors (Lipinski definition) is 3. The van der Waals surface area contributed by atoms with Crippen molar-refractivity contribution in [2.24, 2.45) is 5.28 Å². The molecule has 0 atom stereocenters. The van der Waals surface area contributed by atoms with E-state index >= 15 is 0 Å². The molecule has 0 aliphatic heterocycles. The molecule has 0 aromatic rings. The van der Waals surface area contributed by atoms with E-state index in [0.717, 1.165) is 19.3 Å². The van der Waals surface area contributed by atoms with Crippen molar-refractivity contribution < 1.29 is 14.9 Å². The lowest BCUT2D eigenvalue weighted by molar-refractivity contribution is -0.618. The third-order valence-electron chi connectivity index (χ3n) is 2.40. The van der Waals surface area contributed by atoms with Crippen LogP contribution in [0, 0.1) is 5.21 Å². The van der Waals surface area contributed by atoms with Crippen LogP contribution in [0.5, 0.6) is 0 Å². The second kappa shape index (κ2) is 3.51. The lowest BCUT2D eigenvalue weighted by atomic mass is 9.83. The molecule has 0 amide bonds. The van der Waals surface area contributed by atoms with Crippen LogP contribution in [0.4, 0.5) is 0 Å². The lowest BCUT2D eigenvalue weighted by Gasteiger charge is -2.26. The second-order valence-corrected chi connectivity index (χ2v) is 3.14. The van der Waals surface area contributed by atoms with Gasteiger partial charge in [0.25, 0.3) is 5.54 Å². The maximum atomic E-state index is 11.0. The number of rotatable bonds is 2. The minimum atomic E-state index is -1.09. The smallest absolute Gasteiger partial charge is 0.256 e. The Morgan fingerprint density at radius 1 is 1.42 bits per heavy atom. The second-order valence-electron chi connectivity index (χ2n) is 3.14. The third kappa shape index (κ3) is 1.39. The van der Waals surface area contributed by atoms with Gasteiger partial charge in [0.05, 0.1) is 0 Å². The van der Waals surface area contributed by atoms with Crippen molar-refractivity contribution in [3.63, 3.8) is 0 Å². The molecule has 1 aliphatic rings. The number of hydroxylamine groups is 1. The number of carbonyl (C=O) groups excluding carboxylic acids is 1. The van der Waals surface area contributed by atoms with E-state index in [2.05, 4.69) is 5.28 Å². The van der Waals surface area contributed by atoms with Gasteiger partial charge in [-0.2, -0.15) is 0 Å². The van der Waals surface area contributed by atoms with E-state index in [1.54, 1.807) is 0 Å². The molecule has 1 N–H and O–H groups in total. The van der Waals surface area contributed by atoms with Crippen LogP contribution in [0.3, 0.4) is 0 Å². The molecule has 5 heteroatoms. The first-order chi connectivity index (χ1) is 5.75. The molecule has 1 saturated carbocycles. The molecule has 0 saturated heterocycles. The molecule has 0 aromatic heterocycles. The molecule has 0 radical (unpaired) electrons. The Labute approximate surface area is 70.2 Å². The first-order valence-electron chi connectivity index (χ1n) is 4.04. The molecule has 0 bridgehead atoms. The van der Waals surface area contributed by atoms with Gasteiger partial charge >= 0.3 is 0 Å². The highest BCUT2D eigenvalue weighted by atomic mass is 16.6. The molecule has 5 nitrogen and oxygen atoms in total. The van der Waals surface area contributed by atoms with Crippen LogP contribution in [0.1, 0.15) is 32.1 Å². The zero-order valence-electron chi connectivity index (χ0n) is 6.77. The van der Waals surface area contributed by atoms with Crippen LogP contribution < -0.4 is 0 Å². The van der Waals surface area contributed by atoms with E-state index in [0.29, 0.717) is 19.1 Å².